The molecule has 0 aliphatic carbocycles. The van der Waals surface area contributed by atoms with Gasteiger partial charge in [-0.25, -0.2) is 9.97 Å². The van der Waals surface area contributed by atoms with Crippen LogP contribution in [-0.4, -0.2) is 27.6 Å². The van der Waals surface area contributed by atoms with Crippen LogP contribution in [0.5, 0.6) is 0 Å². The molecule has 1 N–H and O–H groups in total. The lowest BCUT2D eigenvalue weighted by molar-refractivity contribution is 0.486. The number of nitrogens with zero attached hydrogens (tertiary/aromatic N) is 3. The van der Waals surface area contributed by atoms with Crippen molar-refractivity contribution in [2.45, 2.75) is 18.9 Å². The number of furan rings is 1. The summed E-state index contributed by atoms with van der Waals surface area (Å²) < 4.78 is 7.67. The van der Waals surface area contributed by atoms with Crippen LogP contribution in [0.3, 0.4) is 0 Å². The van der Waals surface area contributed by atoms with Crippen LogP contribution in [0.25, 0.3) is 11.2 Å². The number of imidazole rings is 1. The average molecular weight is 268 g/mol. The number of nitrogens with one attached hydrogen (secondary N) is 1. The van der Waals surface area contributed by atoms with Gasteiger partial charge in [0, 0.05) is 18.7 Å². The largest absolute Gasteiger partial charge is 0.467 e. The van der Waals surface area contributed by atoms with Gasteiger partial charge in [-0.3, -0.25) is 0 Å². The molecule has 3 aromatic rings. The van der Waals surface area contributed by atoms with Crippen molar-refractivity contribution in [1.29, 1.82) is 0 Å². The van der Waals surface area contributed by atoms with Crippen LogP contribution in [0.1, 0.15) is 23.9 Å². The molecule has 4 rings (SSSR count). The molecule has 0 aromatic carbocycles. The lowest BCUT2D eigenvalue weighted by Crippen LogP contribution is -2.13. The van der Waals surface area contributed by atoms with E-state index in [1.807, 2.05) is 30.5 Å². The van der Waals surface area contributed by atoms with E-state index in [0.29, 0.717) is 12.5 Å². The molecule has 1 atom stereocenters. The molecule has 0 radical (unpaired) electrons. The number of aromatic nitrogens is 3. The first-order valence-electron chi connectivity index (χ1n) is 6.96. The van der Waals surface area contributed by atoms with E-state index in [-0.39, 0.29) is 0 Å². The Bertz CT molecular complexity index is 711. The van der Waals surface area contributed by atoms with Gasteiger partial charge in [-0.05, 0) is 37.2 Å². The summed E-state index contributed by atoms with van der Waals surface area (Å²) in [7, 11) is 0. The summed E-state index contributed by atoms with van der Waals surface area (Å²) >= 11 is 0. The van der Waals surface area contributed by atoms with Crippen molar-refractivity contribution in [2.75, 3.05) is 13.1 Å². The van der Waals surface area contributed by atoms with Gasteiger partial charge in [0.05, 0.1) is 12.8 Å². The van der Waals surface area contributed by atoms with E-state index in [1.54, 1.807) is 6.26 Å². The molecule has 5 nitrogen and oxygen atoms in total. The fourth-order valence-electron chi connectivity index (χ4n) is 2.88. The fourth-order valence-corrected chi connectivity index (χ4v) is 2.88. The minimum atomic E-state index is 0.458. The summed E-state index contributed by atoms with van der Waals surface area (Å²) in [6.07, 6.45) is 4.65. The second-order valence-electron chi connectivity index (χ2n) is 5.17. The van der Waals surface area contributed by atoms with Gasteiger partial charge in [-0.1, -0.05) is 0 Å². The van der Waals surface area contributed by atoms with E-state index in [1.165, 1.54) is 0 Å². The minimum absolute atomic E-state index is 0.458. The molecule has 0 spiro atoms. The topological polar surface area (TPSA) is 55.9 Å². The number of rotatable bonds is 3. The van der Waals surface area contributed by atoms with Crippen LogP contribution in [0.15, 0.2) is 41.1 Å². The maximum absolute atomic E-state index is 5.48. The van der Waals surface area contributed by atoms with Crippen LogP contribution in [0, 0.1) is 0 Å². The molecule has 1 aliphatic rings. The number of fused-ring (bicyclic) bond motifs is 1. The summed E-state index contributed by atoms with van der Waals surface area (Å²) in [5.41, 5.74) is 1.90. The number of hydrogen-bond acceptors (Lipinski definition) is 4. The zero-order valence-electron chi connectivity index (χ0n) is 11.1. The minimum Gasteiger partial charge on any atom is -0.467 e. The number of pyridine rings is 1. The lowest BCUT2D eigenvalue weighted by atomic mass is 10.1. The van der Waals surface area contributed by atoms with E-state index in [9.17, 15) is 0 Å². The molecule has 20 heavy (non-hydrogen) atoms. The highest BCUT2D eigenvalue weighted by Gasteiger charge is 2.24. The third kappa shape index (κ3) is 1.91. The molecule has 1 fully saturated rings. The van der Waals surface area contributed by atoms with E-state index in [0.717, 1.165) is 42.3 Å². The molecule has 5 heteroatoms. The SMILES string of the molecule is c1coc(Cn2c(C3CCNC3)nc3cccnc32)c1. The third-order valence-electron chi connectivity index (χ3n) is 3.85. The van der Waals surface area contributed by atoms with Gasteiger partial charge in [-0.15, -0.1) is 0 Å². The van der Waals surface area contributed by atoms with Crippen LogP contribution >= 0.6 is 0 Å². The molecule has 0 bridgehead atoms. The van der Waals surface area contributed by atoms with E-state index in [2.05, 4.69) is 14.9 Å². The van der Waals surface area contributed by atoms with E-state index < -0.39 is 0 Å². The molecule has 1 unspecified atom stereocenters. The zero-order valence-corrected chi connectivity index (χ0v) is 11.1. The Morgan fingerprint density at radius 3 is 3.15 bits per heavy atom. The van der Waals surface area contributed by atoms with E-state index in [4.69, 9.17) is 9.40 Å². The van der Waals surface area contributed by atoms with Gasteiger partial charge in [-0.2, -0.15) is 0 Å². The highest BCUT2D eigenvalue weighted by Crippen LogP contribution is 2.26. The Labute approximate surface area is 116 Å². The molecule has 1 saturated heterocycles. The Balaban J connectivity index is 1.83. The molecular formula is C15H16N4O. The standard InChI is InChI=1S/C15H16N4O/c1-4-13-15(17-6-1)19(10-12-3-2-8-20-12)14(18-13)11-5-7-16-9-11/h1-4,6,8,11,16H,5,7,9-10H2. The van der Waals surface area contributed by atoms with Gasteiger partial charge in [0.15, 0.2) is 5.65 Å². The first-order chi connectivity index (χ1) is 9.92. The second kappa shape index (κ2) is 4.76. The average Bonchev–Trinajstić information content (AvgIpc) is 3.19. The highest BCUT2D eigenvalue weighted by atomic mass is 16.3. The third-order valence-corrected chi connectivity index (χ3v) is 3.85. The van der Waals surface area contributed by atoms with E-state index >= 15 is 0 Å². The van der Waals surface area contributed by atoms with Crippen molar-refractivity contribution in [3.8, 4) is 0 Å². The number of hydrogen-bond donors (Lipinski definition) is 1. The van der Waals surface area contributed by atoms with Crippen LogP contribution < -0.4 is 5.32 Å². The molecule has 1 aliphatic heterocycles. The quantitative estimate of drug-likeness (QED) is 0.790. The smallest absolute Gasteiger partial charge is 0.160 e. The molecule has 0 saturated carbocycles. The van der Waals surface area contributed by atoms with Crippen molar-refractivity contribution in [3.63, 3.8) is 0 Å². The highest BCUT2D eigenvalue weighted by molar-refractivity contribution is 5.71. The van der Waals surface area contributed by atoms with Crippen molar-refractivity contribution >= 4 is 11.2 Å². The lowest BCUT2D eigenvalue weighted by Gasteiger charge is -2.11. The summed E-state index contributed by atoms with van der Waals surface area (Å²) in [4.78, 5) is 9.29. The Hall–Kier alpha value is -2.14. The summed E-state index contributed by atoms with van der Waals surface area (Å²) in [6, 6.07) is 7.86. The van der Waals surface area contributed by atoms with Gasteiger partial charge < -0.3 is 14.3 Å². The first-order valence-corrected chi connectivity index (χ1v) is 6.96. The van der Waals surface area contributed by atoms with Crippen molar-refractivity contribution in [2.24, 2.45) is 0 Å². The normalized spacial score (nSPS) is 18.9. The van der Waals surface area contributed by atoms with Gasteiger partial charge in [0.25, 0.3) is 0 Å². The van der Waals surface area contributed by atoms with Gasteiger partial charge in [0.1, 0.15) is 17.1 Å². The Morgan fingerprint density at radius 1 is 1.35 bits per heavy atom. The second-order valence-corrected chi connectivity index (χ2v) is 5.17. The Morgan fingerprint density at radius 2 is 2.35 bits per heavy atom. The molecule has 4 heterocycles. The van der Waals surface area contributed by atoms with Crippen LogP contribution in [-0.2, 0) is 6.54 Å². The van der Waals surface area contributed by atoms with Gasteiger partial charge >= 0.3 is 0 Å². The van der Waals surface area contributed by atoms with Gasteiger partial charge in [0.2, 0.25) is 0 Å². The maximum atomic E-state index is 5.48. The predicted molar refractivity (Wildman–Crippen MR) is 75.6 cm³/mol. The van der Waals surface area contributed by atoms with Crippen LogP contribution in [0.4, 0.5) is 0 Å². The van der Waals surface area contributed by atoms with Crippen LogP contribution in [0.2, 0.25) is 0 Å². The summed E-state index contributed by atoms with van der Waals surface area (Å²) in [6.45, 7) is 2.73. The predicted octanol–water partition coefficient (Wildman–Crippen LogP) is 2.15. The molecule has 102 valence electrons. The monoisotopic (exact) mass is 268 g/mol. The van der Waals surface area contributed by atoms with Crippen molar-refractivity contribution in [1.82, 2.24) is 19.9 Å². The zero-order chi connectivity index (χ0) is 13.4. The fraction of sp³-hybridized carbons (Fsp3) is 0.333. The Kier molecular flexibility index (Phi) is 2.77. The summed E-state index contributed by atoms with van der Waals surface area (Å²) in [5, 5.41) is 3.40. The molecule has 0 amide bonds. The first kappa shape index (κ1) is 11.7. The maximum Gasteiger partial charge on any atom is 0.160 e. The van der Waals surface area contributed by atoms with Crippen molar-refractivity contribution < 1.29 is 4.42 Å². The summed E-state index contributed by atoms with van der Waals surface area (Å²) in [5.74, 6) is 2.50. The molecular weight excluding hydrogens is 252 g/mol. The van der Waals surface area contributed by atoms with Crippen molar-refractivity contribution in [3.05, 3.63) is 48.3 Å². The molecule has 3 aromatic heterocycles.